The van der Waals surface area contributed by atoms with Gasteiger partial charge < -0.3 is 4.74 Å². The van der Waals surface area contributed by atoms with Crippen molar-refractivity contribution in [1.82, 2.24) is 16.3 Å². The number of halogens is 1. The number of hydrazine groups is 1. The molecule has 1 aliphatic heterocycles. The SMILES string of the molecule is CC(/C=N/NC(=O)C1CC(c2ccc(OCc3ccccc3Cl)cc2)NN1)=C\c1ccccc1. The van der Waals surface area contributed by atoms with Crippen molar-refractivity contribution in [2.45, 2.75) is 32.0 Å². The molecule has 1 aliphatic rings. The standard InChI is InChI=1S/C27H27ClN4O2/c1-19(15-20-7-3-2-4-8-20)17-29-32-27(33)26-16-25(30-31-26)21-11-13-23(14-12-21)34-18-22-9-5-6-10-24(22)28/h2-15,17,25-26,30-31H,16,18H2,1H3,(H,32,33)/b19-15+,29-17+. The minimum absolute atomic E-state index is 0.0112. The number of hydrazone groups is 1. The predicted octanol–water partition coefficient (Wildman–Crippen LogP) is 5.03. The van der Waals surface area contributed by atoms with E-state index in [2.05, 4.69) is 21.4 Å². The van der Waals surface area contributed by atoms with E-state index in [0.29, 0.717) is 18.1 Å². The molecule has 0 saturated carbocycles. The van der Waals surface area contributed by atoms with E-state index in [0.717, 1.165) is 28.0 Å². The molecule has 2 unspecified atom stereocenters. The molecule has 0 radical (unpaired) electrons. The van der Waals surface area contributed by atoms with Crippen molar-refractivity contribution in [2.24, 2.45) is 5.10 Å². The second kappa shape index (κ2) is 11.6. The van der Waals surface area contributed by atoms with Gasteiger partial charge in [0.2, 0.25) is 0 Å². The van der Waals surface area contributed by atoms with E-state index in [-0.39, 0.29) is 18.0 Å². The van der Waals surface area contributed by atoms with Crippen molar-refractivity contribution >= 4 is 29.8 Å². The third kappa shape index (κ3) is 6.54. The maximum Gasteiger partial charge on any atom is 0.258 e. The van der Waals surface area contributed by atoms with Gasteiger partial charge in [-0.1, -0.05) is 78.3 Å². The summed E-state index contributed by atoms with van der Waals surface area (Å²) in [6.07, 6.45) is 4.26. The zero-order valence-corrected chi connectivity index (χ0v) is 19.6. The lowest BCUT2D eigenvalue weighted by molar-refractivity contribution is -0.122. The van der Waals surface area contributed by atoms with Crippen LogP contribution in [0.15, 0.2) is 89.5 Å². The number of rotatable bonds is 8. The van der Waals surface area contributed by atoms with E-state index < -0.39 is 0 Å². The summed E-state index contributed by atoms with van der Waals surface area (Å²) in [4.78, 5) is 12.5. The fraction of sp³-hybridized carbons (Fsp3) is 0.185. The van der Waals surface area contributed by atoms with Gasteiger partial charge in [0.1, 0.15) is 18.4 Å². The normalized spacial score (nSPS) is 18.2. The van der Waals surface area contributed by atoms with Crippen LogP contribution in [0.3, 0.4) is 0 Å². The second-order valence-electron chi connectivity index (χ2n) is 8.11. The summed E-state index contributed by atoms with van der Waals surface area (Å²) in [5.41, 5.74) is 12.9. The Morgan fingerprint density at radius 2 is 1.79 bits per heavy atom. The first-order chi connectivity index (χ1) is 16.6. The summed E-state index contributed by atoms with van der Waals surface area (Å²) in [5, 5.41) is 4.78. The Kier molecular flexibility index (Phi) is 8.09. The Morgan fingerprint density at radius 1 is 1.06 bits per heavy atom. The molecule has 0 aliphatic carbocycles. The van der Waals surface area contributed by atoms with Gasteiger partial charge in [-0.15, -0.1) is 0 Å². The molecule has 0 aromatic heterocycles. The molecule has 4 rings (SSSR count). The Balaban J connectivity index is 1.25. The van der Waals surface area contributed by atoms with Gasteiger partial charge in [0.15, 0.2) is 0 Å². The monoisotopic (exact) mass is 474 g/mol. The topological polar surface area (TPSA) is 74.8 Å². The van der Waals surface area contributed by atoms with Gasteiger partial charge in [0, 0.05) is 16.6 Å². The van der Waals surface area contributed by atoms with Crippen molar-refractivity contribution in [3.05, 3.63) is 106 Å². The summed E-state index contributed by atoms with van der Waals surface area (Å²) < 4.78 is 5.85. The maximum absolute atomic E-state index is 12.5. The Morgan fingerprint density at radius 3 is 2.56 bits per heavy atom. The summed E-state index contributed by atoms with van der Waals surface area (Å²) in [6.45, 7) is 2.35. The number of allylic oxidation sites excluding steroid dienone is 1. The van der Waals surface area contributed by atoms with Crippen molar-refractivity contribution < 1.29 is 9.53 Å². The van der Waals surface area contributed by atoms with Crippen LogP contribution in [0.25, 0.3) is 6.08 Å². The van der Waals surface area contributed by atoms with Crippen molar-refractivity contribution in [2.75, 3.05) is 0 Å². The number of hydrogen-bond donors (Lipinski definition) is 3. The van der Waals surface area contributed by atoms with Crippen LogP contribution >= 0.6 is 11.6 Å². The van der Waals surface area contributed by atoms with Gasteiger partial charge in [-0.3, -0.25) is 4.79 Å². The van der Waals surface area contributed by atoms with Crippen LogP contribution in [0.4, 0.5) is 0 Å². The molecule has 174 valence electrons. The second-order valence-corrected chi connectivity index (χ2v) is 8.52. The third-order valence-corrected chi connectivity index (χ3v) is 5.86. The highest BCUT2D eigenvalue weighted by atomic mass is 35.5. The van der Waals surface area contributed by atoms with Crippen LogP contribution in [0.1, 0.15) is 36.1 Å². The van der Waals surface area contributed by atoms with Gasteiger partial charge >= 0.3 is 0 Å². The van der Waals surface area contributed by atoms with Crippen LogP contribution in [0.5, 0.6) is 5.75 Å². The predicted molar refractivity (Wildman–Crippen MR) is 136 cm³/mol. The highest BCUT2D eigenvalue weighted by Crippen LogP contribution is 2.25. The van der Waals surface area contributed by atoms with Crippen molar-refractivity contribution in [3.63, 3.8) is 0 Å². The van der Waals surface area contributed by atoms with E-state index in [1.807, 2.05) is 91.9 Å². The van der Waals surface area contributed by atoms with Crippen molar-refractivity contribution in [3.8, 4) is 5.75 Å². The van der Waals surface area contributed by atoms with E-state index in [4.69, 9.17) is 16.3 Å². The van der Waals surface area contributed by atoms with E-state index in [9.17, 15) is 4.79 Å². The van der Waals surface area contributed by atoms with E-state index in [1.165, 1.54) is 0 Å². The van der Waals surface area contributed by atoms with Gasteiger partial charge in [-0.05, 0) is 48.2 Å². The molecule has 3 aromatic carbocycles. The Hall–Kier alpha value is -3.45. The quantitative estimate of drug-likeness (QED) is 0.316. The number of carbonyl (C=O) groups is 1. The Bertz CT molecular complexity index is 1160. The largest absolute Gasteiger partial charge is 0.489 e. The summed E-state index contributed by atoms with van der Waals surface area (Å²) >= 11 is 6.18. The molecule has 3 aromatic rings. The number of amides is 1. The minimum Gasteiger partial charge on any atom is -0.489 e. The number of carbonyl (C=O) groups excluding carboxylic acids is 1. The lowest BCUT2D eigenvalue weighted by Crippen LogP contribution is -2.41. The number of benzene rings is 3. The van der Waals surface area contributed by atoms with Crippen LogP contribution in [-0.2, 0) is 11.4 Å². The Labute approximate surface area is 204 Å². The van der Waals surface area contributed by atoms with Gasteiger partial charge in [0.25, 0.3) is 5.91 Å². The smallest absolute Gasteiger partial charge is 0.258 e. The van der Waals surface area contributed by atoms with Crippen LogP contribution in [0.2, 0.25) is 5.02 Å². The molecule has 1 fully saturated rings. The fourth-order valence-electron chi connectivity index (χ4n) is 3.64. The first kappa shape index (κ1) is 23.7. The van der Waals surface area contributed by atoms with Crippen LogP contribution in [-0.4, -0.2) is 18.2 Å². The first-order valence-electron chi connectivity index (χ1n) is 11.1. The highest BCUT2D eigenvalue weighted by molar-refractivity contribution is 6.31. The number of ether oxygens (including phenoxy) is 1. The van der Waals surface area contributed by atoms with E-state index >= 15 is 0 Å². The fourth-order valence-corrected chi connectivity index (χ4v) is 3.83. The summed E-state index contributed by atoms with van der Waals surface area (Å²) in [5.74, 6) is 0.579. The maximum atomic E-state index is 12.5. The number of nitrogens with one attached hydrogen (secondary N) is 3. The highest BCUT2D eigenvalue weighted by Gasteiger charge is 2.30. The lowest BCUT2D eigenvalue weighted by Gasteiger charge is -2.12. The molecular weight excluding hydrogens is 448 g/mol. The minimum atomic E-state index is -0.378. The molecule has 6 nitrogen and oxygen atoms in total. The molecule has 1 saturated heterocycles. The molecule has 0 bridgehead atoms. The van der Waals surface area contributed by atoms with Crippen LogP contribution in [0, 0.1) is 0 Å². The van der Waals surface area contributed by atoms with Gasteiger partial charge in [-0.2, -0.15) is 5.10 Å². The lowest BCUT2D eigenvalue weighted by atomic mass is 10.0. The molecule has 7 heteroatoms. The molecule has 1 amide bonds. The number of nitrogens with zero attached hydrogens (tertiary/aromatic N) is 1. The zero-order chi connectivity index (χ0) is 23.8. The molecular formula is C27H27ClN4O2. The molecule has 3 N–H and O–H groups in total. The van der Waals surface area contributed by atoms with Crippen LogP contribution < -0.4 is 21.0 Å². The molecule has 0 spiro atoms. The molecule has 1 heterocycles. The van der Waals surface area contributed by atoms with E-state index in [1.54, 1.807) is 6.21 Å². The van der Waals surface area contributed by atoms with Gasteiger partial charge in [-0.25, -0.2) is 16.3 Å². The first-order valence-corrected chi connectivity index (χ1v) is 11.5. The van der Waals surface area contributed by atoms with Gasteiger partial charge in [0.05, 0.1) is 6.21 Å². The average molecular weight is 475 g/mol. The zero-order valence-electron chi connectivity index (χ0n) is 18.9. The molecule has 34 heavy (non-hydrogen) atoms. The number of hydrogen-bond acceptors (Lipinski definition) is 5. The van der Waals surface area contributed by atoms with Crippen molar-refractivity contribution in [1.29, 1.82) is 0 Å². The third-order valence-electron chi connectivity index (χ3n) is 5.49. The average Bonchev–Trinajstić information content (AvgIpc) is 3.35. The summed E-state index contributed by atoms with van der Waals surface area (Å²) in [7, 11) is 0. The summed E-state index contributed by atoms with van der Waals surface area (Å²) in [6, 6.07) is 25.1. The molecule has 2 atom stereocenters.